The zero-order chi connectivity index (χ0) is 59.0. The molecule has 0 saturated carbocycles. The maximum atomic E-state index is 2.47. The molecule has 0 saturated heterocycles. The molecule has 0 aromatic heterocycles. The van der Waals surface area contributed by atoms with Crippen LogP contribution in [0.25, 0.3) is 22.3 Å². The molecule has 0 radical (unpaired) electrons. The highest BCUT2D eigenvalue weighted by molar-refractivity contribution is 5.88. The molecule has 0 heterocycles. The SMILES string of the molecule is Cc1ccc(N(c2ccc(C)cc2)c2ccc3c(c2)Cc2cc(N(c4ccc(C)cc4)c4ccc(C)cc4)ccc2-c2ccc(N(c4ccc(C)cc4)c4ccc(C)cc4)cc2Cc2cc(N(c4ccc(C)cc4)c4ccc(C)cc4)ccc2-3)cc1. The predicted molar refractivity (Wildman–Crippen MR) is 366 cm³/mol. The van der Waals surface area contributed by atoms with Crippen molar-refractivity contribution in [3.8, 4) is 22.3 Å². The minimum absolute atomic E-state index is 0.664. The molecule has 12 aromatic rings. The molecule has 0 atom stereocenters. The largest absolute Gasteiger partial charge is 0.310 e. The van der Waals surface area contributed by atoms with Crippen molar-refractivity contribution >= 4 is 68.2 Å². The third kappa shape index (κ3) is 11.3. The highest BCUT2D eigenvalue weighted by Crippen LogP contribution is 2.47. The summed E-state index contributed by atoms with van der Waals surface area (Å²) in [6.07, 6.45) is 1.33. The van der Waals surface area contributed by atoms with E-state index in [-0.39, 0.29) is 0 Å². The molecule has 1 aliphatic rings. The second-order valence-corrected chi connectivity index (χ2v) is 23.7. The van der Waals surface area contributed by atoms with Gasteiger partial charge in [-0.1, -0.05) is 166 Å². The van der Waals surface area contributed by atoms with Gasteiger partial charge in [0, 0.05) is 68.2 Å². The van der Waals surface area contributed by atoms with E-state index in [1.165, 1.54) is 89.0 Å². The fraction of sp³-hybridized carbons (Fsp3) is 0.122. The summed E-state index contributed by atoms with van der Waals surface area (Å²) in [6, 6.07) is 100. The van der Waals surface area contributed by atoms with Gasteiger partial charge in [-0.05, 0) is 258 Å². The van der Waals surface area contributed by atoms with Gasteiger partial charge in [0.2, 0.25) is 0 Å². The highest BCUT2D eigenvalue weighted by Gasteiger charge is 2.26. The molecule has 86 heavy (non-hydrogen) atoms. The fourth-order valence-electron chi connectivity index (χ4n) is 12.3. The van der Waals surface area contributed by atoms with E-state index in [2.05, 4.69) is 342 Å². The van der Waals surface area contributed by atoms with Crippen LogP contribution in [0.4, 0.5) is 68.2 Å². The lowest BCUT2D eigenvalue weighted by Crippen LogP contribution is -2.13. The normalized spacial score (nSPS) is 11.6. The Morgan fingerprint density at radius 1 is 0.163 bits per heavy atom. The third-order valence-electron chi connectivity index (χ3n) is 17.1. The second kappa shape index (κ2) is 23.5. The predicted octanol–water partition coefficient (Wildman–Crippen LogP) is 22.9. The summed E-state index contributed by atoms with van der Waals surface area (Å²) in [5, 5.41) is 0. The van der Waals surface area contributed by atoms with Crippen LogP contribution in [0.2, 0.25) is 0 Å². The summed E-state index contributed by atoms with van der Waals surface area (Å²) in [6.45, 7) is 17.3. The Kier molecular flexibility index (Phi) is 15.0. The van der Waals surface area contributed by atoms with Crippen molar-refractivity contribution in [2.24, 2.45) is 0 Å². The fourth-order valence-corrected chi connectivity index (χ4v) is 12.3. The summed E-state index contributed by atoms with van der Waals surface area (Å²) >= 11 is 0. The molecule has 4 nitrogen and oxygen atoms in total. The van der Waals surface area contributed by atoms with Gasteiger partial charge in [0.15, 0.2) is 0 Å². The first-order valence-electron chi connectivity index (χ1n) is 30.1. The molecule has 0 aliphatic heterocycles. The molecule has 0 bridgehead atoms. The second-order valence-electron chi connectivity index (χ2n) is 23.7. The summed E-state index contributed by atoms with van der Waals surface area (Å²) in [5.74, 6) is 0. The van der Waals surface area contributed by atoms with E-state index < -0.39 is 0 Å². The van der Waals surface area contributed by atoms with Crippen LogP contribution in [0.15, 0.2) is 267 Å². The number of aryl methyl sites for hydroxylation is 8. The van der Waals surface area contributed by atoms with Crippen molar-refractivity contribution in [2.75, 3.05) is 19.6 Å². The Morgan fingerprint density at radius 2 is 0.291 bits per heavy atom. The minimum atomic E-state index is 0.664. The van der Waals surface area contributed by atoms with Crippen LogP contribution >= 0.6 is 0 Å². The molecular weight excluding hydrogens is 1040 g/mol. The molecule has 0 unspecified atom stereocenters. The van der Waals surface area contributed by atoms with E-state index >= 15 is 0 Å². The Bertz CT molecular complexity index is 3620. The highest BCUT2D eigenvalue weighted by atomic mass is 15.2. The molecule has 4 heteroatoms. The topological polar surface area (TPSA) is 13.0 Å². The van der Waals surface area contributed by atoms with Gasteiger partial charge in [-0.15, -0.1) is 0 Å². The van der Waals surface area contributed by atoms with E-state index in [0.29, 0.717) is 12.8 Å². The lowest BCUT2D eigenvalue weighted by Gasteiger charge is -2.30. The van der Waals surface area contributed by atoms with Gasteiger partial charge in [0.25, 0.3) is 0 Å². The van der Waals surface area contributed by atoms with Gasteiger partial charge in [0.05, 0.1) is 0 Å². The molecule has 13 rings (SSSR count). The number of fused-ring (bicyclic) bond motifs is 6. The van der Waals surface area contributed by atoms with Gasteiger partial charge in [0.1, 0.15) is 0 Å². The van der Waals surface area contributed by atoms with E-state index in [1.54, 1.807) is 0 Å². The van der Waals surface area contributed by atoms with Gasteiger partial charge < -0.3 is 19.6 Å². The first-order valence-corrected chi connectivity index (χ1v) is 30.1. The molecule has 12 aromatic carbocycles. The molecule has 0 amide bonds. The molecule has 1 aliphatic carbocycles. The van der Waals surface area contributed by atoms with Crippen LogP contribution in [-0.2, 0) is 12.8 Å². The smallest absolute Gasteiger partial charge is 0.0464 e. The maximum absolute atomic E-state index is 2.47. The maximum Gasteiger partial charge on any atom is 0.0464 e. The van der Waals surface area contributed by atoms with Crippen LogP contribution in [0.5, 0.6) is 0 Å². The van der Waals surface area contributed by atoms with Crippen LogP contribution in [0.3, 0.4) is 0 Å². The van der Waals surface area contributed by atoms with E-state index in [0.717, 1.165) is 68.2 Å². The van der Waals surface area contributed by atoms with Crippen LogP contribution in [-0.4, -0.2) is 0 Å². The average Bonchev–Trinajstić information content (AvgIpc) is 1.09. The zero-order valence-electron chi connectivity index (χ0n) is 50.6. The molecule has 420 valence electrons. The number of anilines is 12. The van der Waals surface area contributed by atoms with Gasteiger partial charge in [-0.25, -0.2) is 0 Å². The Balaban J connectivity index is 1.08. The number of rotatable bonds is 12. The van der Waals surface area contributed by atoms with Gasteiger partial charge >= 0.3 is 0 Å². The summed E-state index contributed by atoms with van der Waals surface area (Å²) in [7, 11) is 0. The molecule has 0 fully saturated rings. The Morgan fingerprint density at radius 3 is 0.430 bits per heavy atom. The molecule has 0 spiro atoms. The summed E-state index contributed by atoms with van der Waals surface area (Å²) in [5.41, 5.74) is 33.0. The van der Waals surface area contributed by atoms with Crippen molar-refractivity contribution in [1.82, 2.24) is 0 Å². The van der Waals surface area contributed by atoms with Crippen molar-refractivity contribution in [3.63, 3.8) is 0 Å². The Labute approximate surface area is 509 Å². The summed E-state index contributed by atoms with van der Waals surface area (Å²) < 4.78 is 0. The van der Waals surface area contributed by atoms with E-state index in [9.17, 15) is 0 Å². The van der Waals surface area contributed by atoms with Crippen molar-refractivity contribution in [3.05, 3.63) is 334 Å². The van der Waals surface area contributed by atoms with Gasteiger partial charge in [-0.2, -0.15) is 0 Å². The minimum Gasteiger partial charge on any atom is -0.310 e. The summed E-state index contributed by atoms with van der Waals surface area (Å²) in [4.78, 5) is 9.67. The first-order chi connectivity index (χ1) is 41.8. The Hall–Kier alpha value is -10.2. The number of hydrogen-bond acceptors (Lipinski definition) is 4. The zero-order valence-corrected chi connectivity index (χ0v) is 50.6. The van der Waals surface area contributed by atoms with Crippen molar-refractivity contribution in [2.45, 2.75) is 68.2 Å². The van der Waals surface area contributed by atoms with Crippen LogP contribution in [0.1, 0.15) is 66.8 Å². The number of hydrogen-bond donors (Lipinski definition) is 0. The van der Waals surface area contributed by atoms with E-state index in [1.807, 2.05) is 0 Å². The average molecular weight is 1110 g/mol. The number of nitrogens with zero attached hydrogens (tertiary/aromatic N) is 4. The number of benzene rings is 12. The van der Waals surface area contributed by atoms with Crippen molar-refractivity contribution in [1.29, 1.82) is 0 Å². The third-order valence-corrected chi connectivity index (χ3v) is 17.1. The van der Waals surface area contributed by atoms with E-state index in [4.69, 9.17) is 0 Å². The molecule has 0 N–H and O–H groups in total. The van der Waals surface area contributed by atoms with Crippen molar-refractivity contribution < 1.29 is 0 Å². The lowest BCUT2D eigenvalue weighted by atomic mass is 9.83. The lowest BCUT2D eigenvalue weighted by molar-refractivity contribution is 1.13. The molecular formula is C82H72N4. The van der Waals surface area contributed by atoms with Crippen LogP contribution in [0, 0.1) is 55.4 Å². The standard InChI is InChI=1S/C82H72N4/c1-55-9-25-67(26-10-55)83(68-27-11-56(2)12-28-68)75-41-45-79-63(51-75)49-64-52-76(84(69-29-13-57(3)14-30-69)70-31-15-58(4)16-32-70)43-47-81(64)82-48-44-78(86(73-37-21-61(7)22-38-73)74-39-23-62(8)24-40-74)54-66(82)50-65-53-77(42-46-80(65)79)85(71-33-17-59(5)18-34-71)72-35-19-60(6)20-36-72/h9-48,51-54H,49-50H2,1-8H3. The monoisotopic (exact) mass is 1110 g/mol. The first kappa shape index (κ1) is 55.1. The quantitative estimate of drug-likeness (QED) is 0.121. The van der Waals surface area contributed by atoms with Crippen LogP contribution < -0.4 is 19.6 Å². The van der Waals surface area contributed by atoms with Gasteiger partial charge in [-0.3, -0.25) is 0 Å².